The van der Waals surface area contributed by atoms with Crippen LogP contribution in [0.4, 0.5) is 11.4 Å². The van der Waals surface area contributed by atoms with Gasteiger partial charge in [0.1, 0.15) is 0 Å². The van der Waals surface area contributed by atoms with Gasteiger partial charge in [-0.15, -0.1) is 11.6 Å². The second-order valence-corrected chi connectivity index (χ2v) is 5.35. The van der Waals surface area contributed by atoms with E-state index in [4.69, 9.17) is 11.6 Å². The lowest BCUT2D eigenvalue weighted by molar-refractivity contribution is 0.102. The molecule has 0 fully saturated rings. The van der Waals surface area contributed by atoms with E-state index < -0.39 is 6.10 Å². The fourth-order valence-electron chi connectivity index (χ4n) is 1.97. The van der Waals surface area contributed by atoms with E-state index in [2.05, 4.69) is 10.6 Å². The minimum atomic E-state index is -0.619. The molecule has 1 amide bonds. The molecular weight excluding hydrogens is 300 g/mol. The number of hydrogen-bond donors (Lipinski definition) is 3. The fraction of sp³-hybridized carbons (Fsp3) is 0.235. The molecule has 116 valence electrons. The smallest absolute Gasteiger partial charge is 0.255 e. The molecule has 0 aliphatic heterocycles. The highest BCUT2D eigenvalue weighted by Crippen LogP contribution is 2.16. The van der Waals surface area contributed by atoms with Gasteiger partial charge in [0.25, 0.3) is 5.91 Å². The summed E-state index contributed by atoms with van der Waals surface area (Å²) in [5, 5.41) is 15.4. The number of carbonyl (C=O) groups is 1. The minimum Gasteiger partial charge on any atom is -0.390 e. The lowest BCUT2D eigenvalue weighted by Crippen LogP contribution is -2.21. The van der Waals surface area contributed by atoms with E-state index in [1.54, 1.807) is 18.2 Å². The maximum Gasteiger partial charge on any atom is 0.255 e. The molecule has 22 heavy (non-hydrogen) atoms. The molecule has 0 aliphatic rings. The van der Waals surface area contributed by atoms with Crippen LogP contribution in [0.2, 0.25) is 0 Å². The Kier molecular flexibility index (Phi) is 5.81. The number of benzene rings is 2. The third-order valence-corrected chi connectivity index (χ3v) is 3.59. The zero-order chi connectivity index (χ0) is 15.9. The van der Waals surface area contributed by atoms with E-state index in [0.29, 0.717) is 12.1 Å². The van der Waals surface area contributed by atoms with Crippen molar-refractivity contribution < 1.29 is 9.90 Å². The van der Waals surface area contributed by atoms with Crippen LogP contribution < -0.4 is 10.6 Å². The lowest BCUT2D eigenvalue weighted by atomic mass is 10.1. The van der Waals surface area contributed by atoms with Crippen LogP contribution in [0.5, 0.6) is 0 Å². The van der Waals surface area contributed by atoms with Crippen molar-refractivity contribution in [2.75, 3.05) is 23.1 Å². The van der Waals surface area contributed by atoms with Crippen molar-refractivity contribution in [3.8, 4) is 0 Å². The van der Waals surface area contributed by atoms with Crippen molar-refractivity contribution in [1.82, 2.24) is 0 Å². The van der Waals surface area contributed by atoms with Gasteiger partial charge in [-0.2, -0.15) is 0 Å². The molecule has 0 aromatic heterocycles. The van der Waals surface area contributed by atoms with Crippen molar-refractivity contribution in [3.05, 3.63) is 59.7 Å². The molecule has 5 heteroatoms. The molecule has 4 nitrogen and oxygen atoms in total. The number of aliphatic hydroxyl groups excluding tert-OH is 1. The first-order chi connectivity index (χ1) is 10.6. The van der Waals surface area contributed by atoms with Crippen molar-refractivity contribution in [2.45, 2.75) is 13.0 Å². The summed E-state index contributed by atoms with van der Waals surface area (Å²) in [5.74, 6) is -0.00339. The molecule has 0 saturated heterocycles. The van der Waals surface area contributed by atoms with Gasteiger partial charge in [0.2, 0.25) is 0 Å². The summed E-state index contributed by atoms with van der Waals surface area (Å²) >= 11 is 5.55. The molecule has 0 aliphatic carbocycles. The predicted octanol–water partition coefficient (Wildman–Crippen LogP) is 3.26. The van der Waals surface area contributed by atoms with Gasteiger partial charge in [-0.05, 0) is 36.8 Å². The summed E-state index contributed by atoms with van der Waals surface area (Å²) in [7, 11) is 0. The van der Waals surface area contributed by atoms with Crippen LogP contribution in [0.15, 0.2) is 48.5 Å². The third-order valence-electron chi connectivity index (χ3n) is 3.24. The van der Waals surface area contributed by atoms with Gasteiger partial charge in [0.05, 0.1) is 12.0 Å². The summed E-state index contributed by atoms with van der Waals surface area (Å²) < 4.78 is 0. The highest BCUT2D eigenvalue weighted by molar-refractivity contribution is 6.18. The van der Waals surface area contributed by atoms with Crippen LogP contribution in [0, 0.1) is 6.92 Å². The van der Waals surface area contributed by atoms with E-state index in [1.165, 1.54) is 0 Å². The molecule has 1 unspecified atom stereocenters. The van der Waals surface area contributed by atoms with Crippen LogP contribution in [-0.4, -0.2) is 29.5 Å². The number of anilines is 2. The number of rotatable bonds is 6. The number of aryl methyl sites for hydroxylation is 1. The number of amides is 1. The summed E-state index contributed by atoms with van der Waals surface area (Å²) in [5.41, 5.74) is 3.12. The van der Waals surface area contributed by atoms with E-state index in [-0.39, 0.29) is 11.8 Å². The van der Waals surface area contributed by atoms with Gasteiger partial charge in [-0.3, -0.25) is 4.79 Å². The van der Waals surface area contributed by atoms with Gasteiger partial charge in [0.15, 0.2) is 0 Å². The maximum absolute atomic E-state index is 12.3. The average Bonchev–Trinajstić information content (AvgIpc) is 2.55. The van der Waals surface area contributed by atoms with Crippen LogP contribution >= 0.6 is 11.6 Å². The van der Waals surface area contributed by atoms with Crippen molar-refractivity contribution in [1.29, 1.82) is 0 Å². The number of aliphatic hydroxyl groups is 1. The zero-order valence-electron chi connectivity index (χ0n) is 12.3. The summed E-state index contributed by atoms with van der Waals surface area (Å²) in [6.45, 7) is 2.29. The highest BCUT2D eigenvalue weighted by Gasteiger charge is 2.08. The first kappa shape index (κ1) is 16.3. The van der Waals surface area contributed by atoms with E-state index in [0.717, 1.165) is 16.9 Å². The molecular formula is C17H19ClN2O2. The SMILES string of the molecule is Cc1ccccc1NC(=O)c1cccc(NCC(O)CCl)c1. The molecule has 0 bridgehead atoms. The standard InChI is InChI=1S/C17H19ClN2O2/c1-12-5-2-3-8-16(12)20-17(22)13-6-4-7-14(9-13)19-11-15(21)10-18/h2-9,15,19,21H,10-11H2,1H3,(H,20,22). The first-order valence-corrected chi connectivity index (χ1v) is 7.58. The second kappa shape index (κ2) is 7.82. The van der Waals surface area contributed by atoms with Crippen LogP contribution in [0.25, 0.3) is 0 Å². The molecule has 2 aromatic carbocycles. The molecule has 1 atom stereocenters. The summed E-state index contributed by atoms with van der Waals surface area (Å²) in [6, 6.07) is 14.7. The molecule has 2 aromatic rings. The Morgan fingerprint density at radius 1 is 1.23 bits per heavy atom. The fourth-order valence-corrected chi connectivity index (χ4v) is 2.08. The topological polar surface area (TPSA) is 61.4 Å². The summed E-state index contributed by atoms with van der Waals surface area (Å²) in [4.78, 5) is 12.3. The molecule has 0 spiro atoms. The molecule has 0 radical (unpaired) electrons. The Hall–Kier alpha value is -2.04. The predicted molar refractivity (Wildman–Crippen MR) is 90.8 cm³/mol. The number of para-hydroxylation sites is 1. The van der Waals surface area contributed by atoms with Gasteiger partial charge < -0.3 is 15.7 Å². The van der Waals surface area contributed by atoms with E-state index in [1.807, 2.05) is 37.3 Å². The quantitative estimate of drug-likeness (QED) is 0.716. The zero-order valence-corrected chi connectivity index (χ0v) is 13.1. The largest absolute Gasteiger partial charge is 0.390 e. The van der Waals surface area contributed by atoms with Gasteiger partial charge in [-0.25, -0.2) is 0 Å². The van der Waals surface area contributed by atoms with Gasteiger partial charge in [0, 0.05) is 23.5 Å². The number of carbonyl (C=O) groups excluding carboxylic acids is 1. The van der Waals surface area contributed by atoms with Crippen LogP contribution in [-0.2, 0) is 0 Å². The normalized spacial score (nSPS) is 11.8. The Morgan fingerprint density at radius 3 is 2.73 bits per heavy atom. The Morgan fingerprint density at radius 2 is 2.00 bits per heavy atom. The minimum absolute atomic E-state index is 0.167. The Labute approximate surface area is 135 Å². The van der Waals surface area contributed by atoms with Gasteiger partial charge >= 0.3 is 0 Å². The van der Waals surface area contributed by atoms with Crippen molar-refractivity contribution in [2.24, 2.45) is 0 Å². The van der Waals surface area contributed by atoms with Crippen LogP contribution in [0.1, 0.15) is 15.9 Å². The highest BCUT2D eigenvalue weighted by atomic mass is 35.5. The lowest BCUT2D eigenvalue weighted by Gasteiger charge is -2.12. The average molecular weight is 319 g/mol. The molecule has 3 N–H and O–H groups in total. The molecule has 0 heterocycles. The maximum atomic E-state index is 12.3. The summed E-state index contributed by atoms with van der Waals surface area (Å²) in [6.07, 6.45) is -0.619. The molecule has 0 saturated carbocycles. The number of nitrogens with one attached hydrogen (secondary N) is 2. The number of alkyl halides is 1. The van der Waals surface area contributed by atoms with Gasteiger partial charge in [-0.1, -0.05) is 24.3 Å². The van der Waals surface area contributed by atoms with Crippen LogP contribution in [0.3, 0.4) is 0 Å². The van der Waals surface area contributed by atoms with Crippen molar-refractivity contribution in [3.63, 3.8) is 0 Å². The van der Waals surface area contributed by atoms with E-state index >= 15 is 0 Å². The van der Waals surface area contributed by atoms with E-state index in [9.17, 15) is 9.90 Å². The first-order valence-electron chi connectivity index (χ1n) is 7.05. The Bertz CT molecular complexity index is 646. The number of hydrogen-bond acceptors (Lipinski definition) is 3. The Balaban J connectivity index is 2.05. The molecule has 2 rings (SSSR count). The second-order valence-electron chi connectivity index (χ2n) is 5.04. The monoisotopic (exact) mass is 318 g/mol. The number of halogens is 1. The van der Waals surface area contributed by atoms with Crippen molar-refractivity contribution >= 4 is 28.9 Å². The third kappa shape index (κ3) is 4.48.